The van der Waals surface area contributed by atoms with Crippen LogP contribution in [0.3, 0.4) is 0 Å². The molecule has 128 valence electrons. The lowest BCUT2D eigenvalue weighted by atomic mass is 10.3. The summed E-state index contributed by atoms with van der Waals surface area (Å²) >= 11 is 0. The van der Waals surface area contributed by atoms with Gasteiger partial charge in [0.1, 0.15) is 0 Å². The standard InChI is InChI=1S/C13H22N6O4/c1-2-14-11-17-12(15-7-3-5-9(20)21)19-13(18-11)16-8-4-6-10(22)23/h2-8H2,1H3,(H,20,21)(H,22,23)(H3,14,15,16,17,18,19). The molecule has 0 radical (unpaired) electrons. The quantitative estimate of drug-likeness (QED) is 0.350. The summed E-state index contributed by atoms with van der Waals surface area (Å²) in [5, 5.41) is 26.1. The molecule has 10 nitrogen and oxygen atoms in total. The molecule has 0 aromatic carbocycles. The third-order valence-corrected chi connectivity index (χ3v) is 2.67. The summed E-state index contributed by atoms with van der Waals surface area (Å²) in [7, 11) is 0. The van der Waals surface area contributed by atoms with Gasteiger partial charge in [-0.15, -0.1) is 0 Å². The zero-order chi connectivity index (χ0) is 17.1. The van der Waals surface area contributed by atoms with Crippen molar-refractivity contribution in [1.29, 1.82) is 0 Å². The monoisotopic (exact) mass is 326 g/mol. The van der Waals surface area contributed by atoms with E-state index in [1.165, 1.54) is 0 Å². The fourth-order valence-corrected chi connectivity index (χ4v) is 1.65. The summed E-state index contributed by atoms with van der Waals surface area (Å²) in [6.07, 6.45) is 1.05. The molecule has 0 unspecified atom stereocenters. The van der Waals surface area contributed by atoms with Gasteiger partial charge in [-0.1, -0.05) is 0 Å². The first kappa shape index (κ1) is 18.4. The molecule has 5 N–H and O–H groups in total. The molecule has 0 saturated carbocycles. The van der Waals surface area contributed by atoms with E-state index in [1.807, 2.05) is 6.92 Å². The molecule has 0 amide bonds. The van der Waals surface area contributed by atoms with E-state index in [4.69, 9.17) is 10.2 Å². The third-order valence-electron chi connectivity index (χ3n) is 2.67. The van der Waals surface area contributed by atoms with Gasteiger partial charge in [-0.2, -0.15) is 15.0 Å². The number of aliphatic carboxylic acids is 2. The van der Waals surface area contributed by atoms with E-state index in [1.54, 1.807) is 0 Å². The number of hydrogen-bond donors (Lipinski definition) is 5. The van der Waals surface area contributed by atoms with Crippen LogP contribution < -0.4 is 16.0 Å². The van der Waals surface area contributed by atoms with Gasteiger partial charge in [0.15, 0.2) is 0 Å². The maximum atomic E-state index is 10.5. The second kappa shape index (κ2) is 10.1. The first-order valence-electron chi connectivity index (χ1n) is 7.42. The van der Waals surface area contributed by atoms with Crippen LogP contribution in [-0.4, -0.2) is 56.7 Å². The van der Waals surface area contributed by atoms with Crippen molar-refractivity contribution in [2.45, 2.75) is 32.6 Å². The van der Waals surface area contributed by atoms with E-state index < -0.39 is 11.9 Å². The zero-order valence-electron chi connectivity index (χ0n) is 13.0. The highest BCUT2D eigenvalue weighted by molar-refractivity contribution is 5.67. The topological polar surface area (TPSA) is 149 Å². The molecule has 1 aromatic heterocycles. The Hall–Kier alpha value is -2.65. The minimum atomic E-state index is -0.850. The van der Waals surface area contributed by atoms with Crippen LogP contribution in [0.15, 0.2) is 0 Å². The Bertz CT molecular complexity index is 485. The smallest absolute Gasteiger partial charge is 0.303 e. The first-order valence-corrected chi connectivity index (χ1v) is 7.42. The number of aromatic nitrogens is 3. The molecule has 1 aromatic rings. The normalized spacial score (nSPS) is 10.1. The molecule has 0 aliphatic rings. The number of nitrogens with zero attached hydrogens (tertiary/aromatic N) is 3. The number of nitrogens with one attached hydrogen (secondary N) is 3. The molecule has 0 aliphatic carbocycles. The van der Waals surface area contributed by atoms with Gasteiger partial charge in [-0.05, 0) is 19.8 Å². The van der Waals surface area contributed by atoms with Crippen LogP contribution in [0.2, 0.25) is 0 Å². The lowest BCUT2D eigenvalue weighted by Gasteiger charge is -2.10. The highest BCUT2D eigenvalue weighted by Crippen LogP contribution is 2.09. The van der Waals surface area contributed by atoms with Crippen molar-refractivity contribution in [2.75, 3.05) is 35.6 Å². The zero-order valence-corrected chi connectivity index (χ0v) is 13.0. The van der Waals surface area contributed by atoms with Gasteiger partial charge in [0.2, 0.25) is 17.8 Å². The Balaban J connectivity index is 2.58. The summed E-state index contributed by atoms with van der Waals surface area (Å²) in [6.45, 7) is 3.41. The summed E-state index contributed by atoms with van der Waals surface area (Å²) in [5.74, 6) is -0.638. The van der Waals surface area contributed by atoms with Gasteiger partial charge in [-0.3, -0.25) is 9.59 Å². The van der Waals surface area contributed by atoms with E-state index in [0.717, 1.165) is 0 Å². The molecular weight excluding hydrogens is 304 g/mol. The van der Waals surface area contributed by atoms with E-state index in [2.05, 4.69) is 30.9 Å². The lowest BCUT2D eigenvalue weighted by molar-refractivity contribution is -0.138. The number of carbonyl (C=O) groups is 2. The molecule has 23 heavy (non-hydrogen) atoms. The minimum Gasteiger partial charge on any atom is -0.481 e. The van der Waals surface area contributed by atoms with Crippen LogP contribution >= 0.6 is 0 Å². The summed E-state index contributed by atoms with van der Waals surface area (Å²) in [6, 6.07) is 0. The first-order chi connectivity index (χ1) is 11.0. The van der Waals surface area contributed by atoms with E-state index >= 15 is 0 Å². The molecule has 0 fully saturated rings. The third kappa shape index (κ3) is 8.39. The Morgan fingerprint density at radius 2 is 1.22 bits per heavy atom. The molecular formula is C13H22N6O4. The van der Waals surface area contributed by atoms with Crippen LogP contribution in [0, 0.1) is 0 Å². The maximum Gasteiger partial charge on any atom is 0.303 e. The van der Waals surface area contributed by atoms with Crippen molar-refractivity contribution < 1.29 is 19.8 Å². The van der Waals surface area contributed by atoms with Crippen molar-refractivity contribution in [3.8, 4) is 0 Å². The lowest BCUT2D eigenvalue weighted by Crippen LogP contribution is -2.14. The van der Waals surface area contributed by atoms with Crippen LogP contribution in [0.5, 0.6) is 0 Å². The fourth-order valence-electron chi connectivity index (χ4n) is 1.65. The highest BCUT2D eigenvalue weighted by Gasteiger charge is 2.06. The molecule has 1 heterocycles. The average molecular weight is 326 g/mol. The van der Waals surface area contributed by atoms with E-state index in [9.17, 15) is 9.59 Å². The number of hydrogen-bond acceptors (Lipinski definition) is 8. The molecule has 0 spiro atoms. The molecule has 0 atom stereocenters. The van der Waals surface area contributed by atoms with Gasteiger partial charge in [0.25, 0.3) is 0 Å². The van der Waals surface area contributed by atoms with Crippen molar-refractivity contribution in [2.24, 2.45) is 0 Å². The largest absolute Gasteiger partial charge is 0.481 e. The van der Waals surface area contributed by atoms with Gasteiger partial charge in [0, 0.05) is 32.5 Å². The number of anilines is 3. The summed E-state index contributed by atoms with van der Waals surface area (Å²) in [5.41, 5.74) is 0. The van der Waals surface area contributed by atoms with Crippen molar-refractivity contribution in [1.82, 2.24) is 15.0 Å². The summed E-state index contributed by atoms with van der Waals surface area (Å²) < 4.78 is 0. The van der Waals surface area contributed by atoms with Crippen molar-refractivity contribution in [3.05, 3.63) is 0 Å². The number of carboxylic acids is 2. The SMILES string of the molecule is CCNc1nc(NCCCC(=O)O)nc(NCCCC(=O)O)n1. The number of carboxylic acid groups (broad SMARTS) is 2. The summed E-state index contributed by atoms with van der Waals surface area (Å²) in [4.78, 5) is 33.4. The van der Waals surface area contributed by atoms with Crippen molar-refractivity contribution >= 4 is 29.8 Å². The molecule has 10 heteroatoms. The second-order valence-electron chi connectivity index (χ2n) is 4.68. The van der Waals surface area contributed by atoms with Gasteiger partial charge < -0.3 is 26.2 Å². The molecule has 0 aliphatic heterocycles. The van der Waals surface area contributed by atoms with Gasteiger partial charge >= 0.3 is 11.9 Å². The Morgan fingerprint density at radius 1 is 0.826 bits per heavy atom. The maximum absolute atomic E-state index is 10.5. The molecule has 1 rings (SSSR count). The van der Waals surface area contributed by atoms with E-state index in [0.29, 0.717) is 50.3 Å². The van der Waals surface area contributed by atoms with Crippen LogP contribution in [0.25, 0.3) is 0 Å². The van der Waals surface area contributed by atoms with Gasteiger partial charge in [0.05, 0.1) is 0 Å². The van der Waals surface area contributed by atoms with Crippen LogP contribution in [0.4, 0.5) is 17.8 Å². The average Bonchev–Trinajstić information content (AvgIpc) is 2.48. The second-order valence-corrected chi connectivity index (χ2v) is 4.68. The van der Waals surface area contributed by atoms with Crippen LogP contribution in [0.1, 0.15) is 32.6 Å². The fraction of sp³-hybridized carbons (Fsp3) is 0.615. The Kier molecular flexibility index (Phi) is 8.11. The van der Waals surface area contributed by atoms with Crippen LogP contribution in [-0.2, 0) is 9.59 Å². The van der Waals surface area contributed by atoms with Crippen molar-refractivity contribution in [3.63, 3.8) is 0 Å². The Morgan fingerprint density at radius 3 is 1.57 bits per heavy atom. The van der Waals surface area contributed by atoms with E-state index in [-0.39, 0.29) is 12.8 Å². The predicted molar refractivity (Wildman–Crippen MR) is 84.7 cm³/mol. The predicted octanol–water partition coefficient (Wildman–Crippen LogP) is 0.857. The van der Waals surface area contributed by atoms with Gasteiger partial charge in [-0.25, -0.2) is 0 Å². The minimum absolute atomic E-state index is 0.0679. The molecule has 0 saturated heterocycles. The number of rotatable bonds is 12. The Labute approximate surface area is 133 Å². The highest BCUT2D eigenvalue weighted by atomic mass is 16.4. The molecule has 0 bridgehead atoms.